The molecule has 1 fully saturated rings. The number of nitrogens with zero attached hydrogens (tertiary/aromatic N) is 2. The maximum absolute atomic E-state index is 11.3. The van der Waals surface area contributed by atoms with Gasteiger partial charge in [0.25, 0.3) is 0 Å². The Bertz CT molecular complexity index is 1030. The fourth-order valence-electron chi connectivity index (χ4n) is 4.66. The largest absolute Gasteiger partial charge is 0.473 e. The van der Waals surface area contributed by atoms with Gasteiger partial charge in [-0.2, -0.15) is 0 Å². The first-order valence-electron chi connectivity index (χ1n) is 12.2. The van der Waals surface area contributed by atoms with E-state index in [-0.39, 0.29) is 12.6 Å². The van der Waals surface area contributed by atoms with E-state index >= 15 is 0 Å². The van der Waals surface area contributed by atoms with Crippen molar-refractivity contribution in [3.8, 4) is 0 Å². The van der Waals surface area contributed by atoms with E-state index in [1.54, 1.807) is 0 Å². The lowest BCUT2D eigenvalue weighted by atomic mass is 9.96. The van der Waals surface area contributed by atoms with Crippen molar-refractivity contribution in [2.75, 3.05) is 50.9 Å². The van der Waals surface area contributed by atoms with Gasteiger partial charge < -0.3 is 24.6 Å². The standard InChI is InChI=1S/C25H32N2O3.C2H2O4/c1-2-30-25(28)19-29-16-8-7-13-26-14-15-27-23-12-6-4-10-21(23)17-20-9-3-5-11-22(20)24(27)18-26;3-1(4)2(5)6/h3-6,9-12,24H,2,7-8,13-19H2,1H3;(H,3,4)(H,5,6). The van der Waals surface area contributed by atoms with Crippen molar-refractivity contribution in [2.24, 2.45) is 0 Å². The van der Waals surface area contributed by atoms with Crippen molar-refractivity contribution in [1.82, 2.24) is 4.90 Å². The predicted molar refractivity (Wildman–Crippen MR) is 134 cm³/mol. The normalized spacial score (nSPS) is 16.4. The summed E-state index contributed by atoms with van der Waals surface area (Å²) in [6.07, 6.45) is 3.05. The summed E-state index contributed by atoms with van der Waals surface area (Å²) in [5, 5.41) is 14.8. The van der Waals surface area contributed by atoms with E-state index in [9.17, 15) is 4.79 Å². The van der Waals surface area contributed by atoms with Gasteiger partial charge in [0.1, 0.15) is 6.61 Å². The van der Waals surface area contributed by atoms with Crippen LogP contribution in [-0.4, -0.2) is 79.0 Å². The van der Waals surface area contributed by atoms with Gasteiger partial charge in [0.15, 0.2) is 0 Å². The second kappa shape index (κ2) is 13.6. The van der Waals surface area contributed by atoms with Crippen LogP contribution in [0.25, 0.3) is 0 Å². The molecular weight excluding hydrogens is 464 g/mol. The molecule has 9 heteroatoms. The lowest BCUT2D eigenvalue weighted by molar-refractivity contribution is -0.159. The van der Waals surface area contributed by atoms with Crippen LogP contribution in [0.5, 0.6) is 0 Å². The molecule has 1 saturated heterocycles. The Morgan fingerprint density at radius 2 is 1.64 bits per heavy atom. The first-order valence-corrected chi connectivity index (χ1v) is 12.2. The number of hydrogen-bond donors (Lipinski definition) is 2. The van der Waals surface area contributed by atoms with Gasteiger partial charge in [-0.05, 0) is 55.5 Å². The molecule has 0 spiro atoms. The Balaban J connectivity index is 0.000000538. The van der Waals surface area contributed by atoms with Crippen molar-refractivity contribution in [1.29, 1.82) is 0 Å². The summed E-state index contributed by atoms with van der Waals surface area (Å²) in [6.45, 7) is 7.13. The topological polar surface area (TPSA) is 117 Å². The van der Waals surface area contributed by atoms with Crippen LogP contribution in [0.1, 0.15) is 42.5 Å². The van der Waals surface area contributed by atoms with Gasteiger partial charge in [0.05, 0.1) is 12.6 Å². The third kappa shape index (κ3) is 7.53. The molecule has 0 amide bonds. The van der Waals surface area contributed by atoms with E-state index in [0.717, 1.165) is 45.4 Å². The molecule has 1 unspecified atom stereocenters. The fraction of sp³-hybridized carbons (Fsp3) is 0.444. The maximum Gasteiger partial charge on any atom is 0.414 e. The number of benzene rings is 2. The second-order valence-corrected chi connectivity index (χ2v) is 8.69. The molecule has 2 aromatic rings. The maximum atomic E-state index is 11.3. The zero-order chi connectivity index (χ0) is 25.9. The number of hydrogen-bond acceptors (Lipinski definition) is 7. The number of fused-ring (bicyclic) bond motifs is 5. The number of carbonyl (C=O) groups excluding carboxylic acids is 1. The zero-order valence-electron chi connectivity index (χ0n) is 20.6. The minimum atomic E-state index is -1.82. The number of anilines is 1. The number of carboxylic acids is 2. The van der Waals surface area contributed by atoms with Crippen LogP contribution in [0.15, 0.2) is 48.5 Å². The molecule has 36 heavy (non-hydrogen) atoms. The molecule has 0 saturated carbocycles. The molecule has 0 bridgehead atoms. The predicted octanol–water partition coefficient (Wildman–Crippen LogP) is 2.97. The average Bonchev–Trinajstić information content (AvgIpc) is 3.01. The van der Waals surface area contributed by atoms with Crippen LogP contribution in [0.2, 0.25) is 0 Å². The number of aliphatic carboxylic acids is 2. The molecule has 2 aliphatic rings. The van der Waals surface area contributed by atoms with Crippen molar-refractivity contribution in [2.45, 2.75) is 32.2 Å². The van der Waals surface area contributed by atoms with Gasteiger partial charge in [-0.1, -0.05) is 42.5 Å². The molecule has 2 aliphatic heterocycles. The number of carbonyl (C=O) groups is 3. The van der Waals surface area contributed by atoms with Crippen LogP contribution >= 0.6 is 0 Å². The van der Waals surface area contributed by atoms with Crippen molar-refractivity contribution >= 4 is 23.6 Å². The molecule has 2 N–H and O–H groups in total. The number of para-hydroxylation sites is 1. The van der Waals surface area contributed by atoms with Crippen LogP contribution in [0.4, 0.5) is 5.69 Å². The van der Waals surface area contributed by atoms with Gasteiger partial charge in [0.2, 0.25) is 0 Å². The summed E-state index contributed by atoms with van der Waals surface area (Å²) in [5.74, 6) is -3.93. The molecule has 4 rings (SSSR count). The molecule has 2 aromatic carbocycles. The summed E-state index contributed by atoms with van der Waals surface area (Å²) in [4.78, 5) is 34.7. The first-order chi connectivity index (χ1) is 17.4. The van der Waals surface area contributed by atoms with E-state index in [0.29, 0.717) is 19.3 Å². The molecule has 0 radical (unpaired) electrons. The van der Waals surface area contributed by atoms with Gasteiger partial charge in [-0.3, -0.25) is 4.90 Å². The van der Waals surface area contributed by atoms with Crippen LogP contribution in [0.3, 0.4) is 0 Å². The van der Waals surface area contributed by atoms with E-state index in [2.05, 4.69) is 58.3 Å². The Hall–Kier alpha value is -3.43. The quantitative estimate of drug-likeness (QED) is 0.322. The summed E-state index contributed by atoms with van der Waals surface area (Å²) < 4.78 is 10.3. The highest BCUT2D eigenvalue weighted by Crippen LogP contribution is 2.39. The molecule has 0 aromatic heterocycles. The third-order valence-corrected chi connectivity index (χ3v) is 6.28. The minimum absolute atomic E-state index is 0.0603. The SMILES string of the molecule is CCOC(=O)COCCCCN1CCN2c3ccccc3Cc3ccccc3C2C1.O=C(O)C(=O)O. The van der Waals surface area contributed by atoms with Gasteiger partial charge >= 0.3 is 17.9 Å². The van der Waals surface area contributed by atoms with Crippen molar-refractivity contribution in [3.63, 3.8) is 0 Å². The van der Waals surface area contributed by atoms with E-state index in [1.807, 2.05) is 6.92 Å². The molecule has 194 valence electrons. The van der Waals surface area contributed by atoms with Crippen LogP contribution < -0.4 is 4.90 Å². The highest BCUT2D eigenvalue weighted by atomic mass is 16.6. The molecule has 9 nitrogen and oxygen atoms in total. The number of carboxylic acid groups (broad SMARTS) is 2. The smallest absolute Gasteiger partial charge is 0.414 e. The van der Waals surface area contributed by atoms with Gasteiger partial charge in [-0.25, -0.2) is 14.4 Å². The molecular formula is C27H34N2O7. The number of ether oxygens (including phenoxy) is 2. The number of unbranched alkanes of at least 4 members (excludes halogenated alkanes) is 1. The summed E-state index contributed by atoms with van der Waals surface area (Å²) in [5.41, 5.74) is 5.74. The summed E-state index contributed by atoms with van der Waals surface area (Å²) in [6, 6.07) is 18.2. The lowest BCUT2D eigenvalue weighted by Crippen LogP contribution is -2.48. The zero-order valence-corrected chi connectivity index (χ0v) is 20.6. The fourth-order valence-corrected chi connectivity index (χ4v) is 4.66. The molecule has 0 aliphatic carbocycles. The first kappa shape index (κ1) is 27.2. The average molecular weight is 499 g/mol. The van der Waals surface area contributed by atoms with E-state index in [4.69, 9.17) is 29.3 Å². The highest BCUT2D eigenvalue weighted by molar-refractivity contribution is 6.27. The third-order valence-electron chi connectivity index (χ3n) is 6.28. The molecule has 1 atom stereocenters. The second-order valence-electron chi connectivity index (χ2n) is 8.69. The van der Waals surface area contributed by atoms with Crippen molar-refractivity contribution in [3.05, 3.63) is 65.2 Å². The van der Waals surface area contributed by atoms with E-state index in [1.165, 1.54) is 22.4 Å². The van der Waals surface area contributed by atoms with Crippen LogP contribution in [-0.2, 0) is 30.3 Å². The minimum Gasteiger partial charge on any atom is -0.473 e. The number of esters is 1. The summed E-state index contributed by atoms with van der Waals surface area (Å²) in [7, 11) is 0. The molecule has 2 heterocycles. The lowest BCUT2D eigenvalue weighted by Gasteiger charge is -2.43. The van der Waals surface area contributed by atoms with Crippen LogP contribution in [0, 0.1) is 0 Å². The number of piperazine rings is 1. The Labute approximate surface area is 211 Å². The monoisotopic (exact) mass is 498 g/mol. The summed E-state index contributed by atoms with van der Waals surface area (Å²) >= 11 is 0. The Morgan fingerprint density at radius 3 is 2.36 bits per heavy atom. The van der Waals surface area contributed by atoms with Gasteiger partial charge in [-0.15, -0.1) is 0 Å². The highest BCUT2D eigenvalue weighted by Gasteiger charge is 2.32. The Morgan fingerprint density at radius 1 is 0.944 bits per heavy atom. The van der Waals surface area contributed by atoms with Gasteiger partial charge in [0, 0.05) is 31.9 Å². The van der Waals surface area contributed by atoms with Crippen molar-refractivity contribution < 1.29 is 34.1 Å². The Kier molecular flexibility index (Phi) is 10.3. The van der Waals surface area contributed by atoms with E-state index < -0.39 is 11.9 Å². The number of rotatable bonds is 8.